The molecule has 0 fully saturated rings. The molecule has 19 heavy (non-hydrogen) atoms. The molecule has 102 valence electrons. The largest absolute Gasteiger partial charge is 0.383 e. The van der Waals surface area contributed by atoms with E-state index in [0.717, 1.165) is 18.8 Å². The summed E-state index contributed by atoms with van der Waals surface area (Å²) in [6, 6.07) is 8.58. The number of hydrogen-bond donors (Lipinski definition) is 1. The van der Waals surface area contributed by atoms with Gasteiger partial charge in [0.25, 0.3) is 0 Å². The topological polar surface area (TPSA) is 39.1 Å². The van der Waals surface area contributed by atoms with E-state index in [4.69, 9.17) is 4.74 Å². The molecule has 0 saturated heterocycles. The minimum absolute atomic E-state index is 0.678. The van der Waals surface area contributed by atoms with Crippen molar-refractivity contribution in [2.24, 2.45) is 0 Å². The number of methoxy groups -OCH3 is 1. The molecule has 0 unspecified atom stereocenters. The molecule has 0 aliphatic carbocycles. The highest BCUT2D eigenvalue weighted by molar-refractivity contribution is 7.98. The summed E-state index contributed by atoms with van der Waals surface area (Å²) < 4.78 is 6.90. The van der Waals surface area contributed by atoms with Crippen LogP contribution in [0.4, 0.5) is 5.69 Å². The molecule has 5 heteroatoms. The molecule has 1 N–H and O–H groups in total. The van der Waals surface area contributed by atoms with Crippen molar-refractivity contribution >= 4 is 17.4 Å². The summed E-state index contributed by atoms with van der Waals surface area (Å²) in [6.45, 7) is 2.27. The van der Waals surface area contributed by atoms with Gasteiger partial charge in [-0.25, -0.2) is 0 Å². The number of anilines is 1. The summed E-state index contributed by atoms with van der Waals surface area (Å²) in [6.07, 6.45) is 5.92. The Bertz CT molecular complexity index is 496. The van der Waals surface area contributed by atoms with Crippen LogP contribution in [0.2, 0.25) is 0 Å². The minimum atomic E-state index is 0.678. The molecular weight excluding hydrogens is 258 g/mol. The molecule has 1 heterocycles. The summed E-state index contributed by atoms with van der Waals surface area (Å²) in [5, 5.41) is 7.63. The standard InChI is InChI=1S/C14H19N3OS/c1-18-8-7-17-11-13(10-16-17)15-9-12-3-5-14(19-2)6-4-12/h3-6,10-11,15H,7-9H2,1-2H3. The lowest BCUT2D eigenvalue weighted by atomic mass is 10.2. The molecule has 2 aromatic rings. The van der Waals surface area contributed by atoms with E-state index in [1.807, 2.05) is 17.1 Å². The Morgan fingerprint density at radius 3 is 2.79 bits per heavy atom. The third-order valence-corrected chi connectivity index (χ3v) is 3.56. The van der Waals surface area contributed by atoms with Gasteiger partial charge >= 0.3 is 0 Å². The lowest BCUT2D eigenvalue weighted by molar-refractivity contribution is 0.183. The van der Waals surface area contributed by atoms with E-state index in [1.54, 1.807) is 18.9 Å². The zero-order valence-corrected chi connectivity index (χ0v) is 12.1. The summed E-state index contributed by atoms with van der Waals surface area (Å²) >= 11 is 1.76. The second kappa shape index (κ2) is 7.21. The zero-order chi connectivity index (χ0) is 13.5. The Hall–Kier alpha value is -1.46. The van der Waals surface area contributed by atoms with E-state index in [9.17, 15) is 0 Å². The van der Waals surface area contributed by atoms with Crippen molar-refractivity contribution in [3.8, 4) is 0 Å². The van der Waals surface area contributed by atoms with Gasteiger partial charge in [0.1, 0.15) is 0 Å². The van der Waals surface area contributed by atoms with E-state index < -0.39 is 0 Å². The Morgan fingerprint density at radius 2 is 2.11 bits per heavy atom. The molecule has 0 atom stereocenters. The van der Waals surface area contributed by atoms with Gasteiger partial charge in [-0.1, -0.05) is 12.1 Å². The first-order valence-corrected chi connectivity index (χ1v) is 7.42. The van der Waals surface area contributed by atoms with Crippen LogP contribution in [-0.4, -0.2) is 29.8 Å². The minimum Gasteiger partial charge on any atom is -0.383 e. The number of thioether (sulfide) groups is 1. The van der Waals surface area contributed by atoms with Crippen LogP contribution in [0.1, 0.15) is 5.56 Å². The molecule has 1 aromatic carbocycles. The van der Waals surface area contributed by atoms with Gasteiger partial charge < -0.3 is 10.1 Å². The van der Waals surface area contributed by atoms with Gasteiger partial charge in [0.05, 0.1) is 25.0 Å². The number of rotatable bonds is 7. The summed E-state index contributed by atoms with van der Waals surface area (Å²) in [5.74, 6) is 0. The molecular formula is C14H19N3OS. The maximum atomic E-state index is 5.02. The number of ether oxygens (including phenoxy) is 1. The van der Waals surface area contributed by atoms with Crippen molar-refractivity contribution in [1.29, 1.82) is 0 Å². The average Bonchev–Trinajstić information content (AvgIpc) is 2.91. The first-order chi connectivity index (χ1) is 9.31. The van der Waals surface area contributed by atoms with Crippen LogP contribution in [0.25, 0.3) is 0 Å². The van der Waals surface area contributed by atoms with Crippen molar-refractivity contribution in [2.45, 2.75) is 18.0 Å². The van der Waals surface area contributed by atoms with Gasteiger partial charge in [-0.05, 0) is 24.0 Å². The summed E-state index contributed by atoms with van der Waals surface area (Å²) in [4.78, 5) is 1.29. The molecule has 0 aliphatic rings. The average molecular weight is 277 g/mol. The van der Waals surface area contributed by atoms with Crippen molar-refractivity contribution < 1.29 is 4.74 Å². The third kappa shape index (κ3) is 4.29. The maximum Gasteiger partial charge on any atom is 0.0729 e. The SMILES string of the molecule is COCCn1cc(NCc2ccc(SC)cc2)cn1. The smallest absolute Gasteiger partial charge is 0.0729 e. The normalized spacial score (nSPS) is 10.6. The summed E-state index contributed by atoms with van der Waals surface area (Å²) in [7, 11) is 1.70. The highest BCUT2D eigenvalue weighted by Crippen LogP contribution is 2.15. The molecule has 1 aromatic heterocycles. The molecule has 2 rings (SSSR count). The van der Waals surface area contributed by atoms with Crippen molar-refractivity contribution in [3.05, 3.63) is 42.2 Å². The Labute approximate surface area is 118 Å². The van der Waals surface area contributed by atoms with Gasteiger partial charge in [-0.3, -0.25) is 4.68 Å². The monoisotopic (exact) mass is 277 g/mol. The number of aromatic nitrogens is 2. The van der Waals surface area contributed by atoms with E-state index in [-0.39, 0.29) is 0 Å². The third-order valence-electron chi connectivity index (χ3n) is 2.81. The fraction of sp³-hybridized carbons (Fsp3) is 0.357. The fourth-order valence-electron chi connectivity index (χ4n) is 1.71. The van der Waals surface area contributed by atoms with Crippen LogP contribution in [0.5, 0.6) is 0 Å². The van der Waals surface area contributed by atoms with Crippen LogP contribution < -0.4 is 5.32 Å². The molecule has 0 radical (unpaired) electrons. The Balaban J connectivity index is 1.85. The number of nitrogens with one attached hydrogen (secondary N) is 1. The van der Waals surface area contributed by atoms with Crippen LogP contribution in [0.15, 0.2) is 41.6 Å². The predicted octanol–water partition coefficient (Wildman–Crippen LogP) is 2.86. The lowest BCUT2D eigenvalue weighted by Gasteiger charge is -2.04. The maximum absolute atomic E-state index is 5.02. The summed E-state index contributed by atoms with van der Waals surface area (Å²) in [5.41, 5.74) is 2.30. The van der Waals surface area contributed by atoms with E-state index in [0.29, 0.717) is 6.61 Å². The van der Waals surface area contributed by atoms with Crippen LogP contribution in [-0.2, 0) is 17.8 Å². The van der Waals surface area contributed by atoms with Gasteiger partial charge in [-0.15, -0.1) is 11.8 Å². The quantitative estimate of drug-likeness (QED) is 0.790. The van der Waals surface area contributed by atoms with Crippen LogP contribution >= 0.6 is 11.8 Å². The lowest BCUT2D eigenvalue weighted by Crippen LogP contribution is -2.04. The van der Waals surface area contributed by atoms with E-state index in [1.165, 1.54) is 10.5 Å². The number of benzene rings is 1. The van der Waals surface area contributed by atoms with E-state index >= 15 is 0 Å². The highest BCUT2D eigenvalue weighted by Gasteiger charge is 1.99. The molecule has 0 aliphatic heterocycles. The van der Waals surface area contributed by atoms with Crippen LogP contribution in [0, 0.1) is 0 Å². The fourth-order valence-corrected chi connectivity index (χ4v) is 2.12. The van der Waals surface area contributed by atoms with Gasteiger partial charge in [0.15, 0.2) is 0 Å². The zero-order valence-electron chi connectivity index (χ0n) is 11.3. The molecule has 4 nitrogen and oxygen atoms in total. The Kier molecular flexibility index (Phi) is 5.30. The highest BCUT2D eigenvalue weighted by atomic mass is 32.2. The van der Waals surface area contributed by atoms with Crippen molar-refractivity contribution in [3.63, 3.8) is 0 Å². The van der Waals surface area contributed by atoms with Crippen molar-refractivity contribution in [1.82, 2.24) is 9.78 Å². The second-order valence-electron chi connectivity index (χ2n) is 4.19. The molecule has 0 bridgehead atoms. The molecule has 0 spiro atoms. The van der Waals surface area contributed by atoms with Crippen LogP contribution in [0.3, 0.4) is 0 Å². The second-order valence-corrected chi connectivity index (χ2v) is 5.07. The number of hydrogen-bond acceptors (Lipinski definition) is 4. The van der Waals surface area contributed by atoms with Gasteiger partial charge in [-0.2, -0.15) is 5.10 Å². The first kappa shape index (κ1) is 14.0. The molecule has 0 saturated carbocycles. The van der Waals surface area contributed by atoms with Gasteiger partial charge in [0.2, 0.25) is 0 Å². The molecule has 0 amide bonds. The van der Waals surface area contributed by atoms with E-state index in [2.05, 4.69) is 40.9 Å². The number of nitrogens with zero attached hydrogens (tertiary/aromatic N) is 2. The Morgan fingerprint density at radius 1 is 1.32 bits per heavy atom. The predicted molar refractivity (Wildman–Crippen MR) is 79.7 cm³/mol. The first-order valence-electron chi connectivity index (χ1n) is 6.20. The van der Waals surface area contributed by atoms with Gasteiger partial charge in [0, 0.05) is 24.7 Å². The van der Waals surface area contributed by atoms with Crippen molar-refractivity contribution in [2.75, 3.05) is 25.3 Å².